The van der Waals surface area contributed by atoms with Crippen LogP contribution in [0.15, 0.2) is 11.2 Å². The normalized spacial score (nSPS) is 13.3. The molecule has 114 valence electrons. The third-order valence-electron chi connectivity index (χ3n) is 3.01. The lowest BCUT2D eigenvalue weighted by molar-refractivity contribution is -0.137. The number of hydrogen-bond donors (Lipinski definition) is 3. The van der Waals surface area contributed by atoms with Gasteiger partial charge in [-0.2, -0.15) is 0 Å². The van der Waals surface area contributed by atoms with Crippen LogP contribution in [-0.2, 0) is 21.2 Å². The number of carboxylic acids is 1. The number of carbonyl (C=O) groups is 1. The van der Waals surface area contributed by atoms with Gasteiger partial charge in [0.1, 0.15) is 5.82 Å². The number of carboxylic acid groups (broad SMARTS) is 1. The van der Waals surface area contributed by atoms with Crippen LogP contribution in [0.25, 0.3) is 0 Å². The van der Waals surface area contributed by atoms with E-state index in [1.807, 2.05) is 13.8 Å². The van der Waals surface area contributed by atoms with Crippen molar-refractivity contribution in [2.75, 3.05) is 6.54 Å². The van der Waals surface area contributed by atoms with E-state index >= 15 is 0 Å². The second kappa shape index (κ2) is 7.39. The van der Waals surface area contributed by atoms with E-state index in [-0.39, 0.29) is 23.9 Å². The van der Waals surface area contributed by atoms with Crippen LogP contribution in [0.1, 0.15) is 38.9 Å². The van der Waals surface area contributed by atoms with Crippen molar-refractivity contribution in [1.82, 2.24) is 14.7 Å². The highest BCUT2D eigenvalue weighted by Gasteiger charge is 2.16. The number of aliphatic carboxylic acids is 1. The molecule has 1 atom stereocenters. The fourth-order valence-electron chi connectivity index (χ4n) is 1.69. The van der Waals surface area contributed by atoms with Crippen molar-refractivity contribution in [3.05, 3.63) is 12.0 Å². The Morgan fingerprint density at radius 3 is 2.75 bits per heavy atom. The highest BCUT2D eigenvalue weighted by molar-refractivity contribution is 7.89. The summed E-state index contributed by atoms with van der Waals surface area (Å²) in [6.45, 7) is 4.07. The van der Waals surface area contributed by atoms with E-state index in [4.69, 9.17) is 5.11 Å². The van der Waals surface area contributed by atoms with Crippen molar-refractivity contribution in [3.8, 4) is 0 Å². The molecule has 0 radical (unpaired) electrons. The molecule has 1 aromatic rings. The van der Waals surface area contributed by atoms with E-state index < -0.39 is 16.0 Å². The van der Waals surface area contributed by atoms with E-state index in [9.17, 15) is 13.2 Å². The molecule has 0 fully saturated rings. The quantitative estimate of drug-likeness (QED) is 0.633. The lowest BCUT2D eigenvalue weighted by Crippen LogP contribution is -2.26. The highest BCUT2D eigenvalue weighted by atomic mass is 32.2. The number of H-pyrrole nitrogens is 1. The first-order chi connectivity index (χ1) is 9.35. The Morgan fingerprint density at radius 2 is 2.20 bits per heavy atom. The fourth-order valence-corrected chi connectivity index (χ4v) is 2.68. The van der Waals surface area contributed by atoms with Crippen molar-refractivity contribution in [1.29, 1.82) is 0 Å². The molecule has 8 heteroatoms. The van der Waals surface area contributed by atoms with Gasteiger partial charge >= 0.3 is 5.97 Å². The number of nitrogens with one attached hydrogen (secondary N) is 2. The van der Waals surface area contributed by atoms with Gasteiger partial charge in [-0.15, -0.1) is 0 Å². The first-order valence-corrected chi connectivity index (χ1v) is 8.08. The molecule has 0 aliphatic heterocycles. The number of aromatic amines is 1. The predicted octanol–water partition coefficient (Wildman–Crippen LogP) is 1.14. The average molecular weight is 303 g/mol. The van der Waals surface area contributed by atoms with Gasteiger partial charge in [-0.05, 0) is 18.8 Å². The number of nitrogens with zero attached hydrogens (tertiary/aromatic N) is 1. The van der Waals surface area contributed by atoms with Crippen LogP contribution < -0.4 is 4.72 Å². The lowest BCUT2D eigenvalue weighted by Gasteiger charge is -2.10. The standard InChI is InChI=1S/C12H21N3O4S/c1-3-10-13-8-11(15-10)20(18,19)14-7-6-9(2)4-5-12(16)17/h8-9,14H,3-7H2,1-2H3,(H,13,15)(H,16,17). The molecule has 0 aliphatic carbocycles. The Labute approximate surface area is 118 Å². The zero-order valence-corrected chi connectivity index (χ0v) is 12.5. The Kier molecular flexibility index (Phi) is 6.15. The zero-order chi connectivity index (χ0) is 15.2. The van der Waals surface area contributed by atoms with Crippen LogP contribution in [0.2, 0.25) is 0 Å². The molecule has 1 aromatic heterocycles. The highest BCUT2D eigenvalue weighted by Crippen LogP contribution is 2.11. The number of imidazole rings is 1. The molecular formula is C12H21N3O4S. The molecule has 1 unspecified atom stereocenters. The van der Waals surface area contributed by atoms with E-state index in [2.05, 4.69) is 14.7 Å². The van der Waals surface area contributed by atoms with Gasteiger partial charge in [0.25, 0.3) is 10.0 Å². The predicted molar refractivity (Wildman–Crippen MR) is 73.8 cm³/mol. The number of aromatic nitrogens is 2. The minimum atomic E-state index is -3.56. The Balaban J connectivity index is 2.42. The molecule has 0 spiro atoms. The Morgan fingerprint density at radius 1 is 1.50 bits per heavy atom. The van der Waals surface area contributed by atoms with E-state index in [1.165, 1.54) is 6.20 Å². The average Bonchev–Trinajstić information content (AvgIpc) is 2.85. The monoisotopic (exact) mass is 303 g/mol. The number of hydrogen-bond acceptors (Lipinski definition) is 4. The molecule has 20 heavy (non-hydrogen) atoms. The topological polar surface area (TPSA) is 112 Å². The summed E-state index contributed by atoms with van der Waals surface area (Å²) in [4.78, 5) is 17.1. The second-order valence-electron chi connectivity index (χ2n) is 4.77. The summed E-state index contributed by atoms with van der Waals surface area (Å²) in [7, 11) is -3.56. The lowest BCUT2D eigenvalue weighted by atomic mass is 10.0. The molecule has 7 nitrogen and oxygen atoms in total. The van der Waals surface area contributed by atoms with Gasteiger partial charge in [0.2, 0.25) is 0 Å². The van der Waals surface area contributed by atoms with E-state index in [0.29, 0.717) is 25.1 Å². The molecule has 0 amide bonds. The van der Waals surface area contributed by atoms with E-state index in [0.717, 1.165) is 0 Å². The molecular weight excluding hydrogens is 282 g/mol. The summed E-state index contributed by atoms with van der Waals surface area (Å²) < 4.78 is 26.3. The van der Waals surface area contributed by atoms with Gasteiger partial charge in [-0.3, -0.25) is 4.79 Å². The summed E-state index contributed by atoms with van der Waals surface area (Å²) in [5.74, 6) is -0.0519. The second-order valence-corrected chi connectivity index (χ2v) is 6.51. The molecule has 3 N–H and O–H groups in total. The first kappa shape index (κ1) is 16.6. The van der Waals surface area contributed by atoms with Crippen LogP contribution in [0.3, 0.4) is 0 Å². The Bertz CT molecular complexity index is 539. The minimum absolute atomic E-state index is 0.0625. The molecule has 0 saturated heterocycles. The van der Waals surface area contributed by atoms with Crippen LogP contribution >= 0.6 is 0 Å². The van der Waals surface area contributed by atoms with Crippen molar-refractivity contribution < 1.29 is 18.3 Å². The fraction of sp³-hybridized carbons (Fsp3) is 0.667. The van der Waals surface area contributed by atoms with Crippen LogP contribution in [0, 0.1) is 5.92 Å². The van der Waals surface area contributed by atoms with Gasteiger partial charge in [-0.25, -0.2) is 18.1 Å². The molecule has 0 aromatic carbocycles. The minimum Gasteiger partial charge on any atom is -0.481 e. The summed E-state index contributed by atoms with van der Waals surface area (Å²) in [5, 5.41) is 8.63. The maximum absolute atomic E-state index is 11.9. The maximum atomic E-state index is 11.9. The van der Waals surface area contributed by atoms with Crippen LogP contribution in [0.4, 0.5) is 0 Å². The maximum Gasteiger partial charge on any atom is 0.303 e. The SMILES string of the molecule is CCc1ncc(S(=O)(=O)NCCC(C)CCC(=O)O)[nH]1. The van der Waals surface area contributed by atoms with Crippen LogP contribution in [0.5, 0.6) is 0 Å². The summed E-state index contributed by atoms with van der Waals surface area (Å²) in [6, 6.07) is 0. The number of rotatable bonds is 9. The van der Waals surface area contributed by atoms with Gasteiger partial charge in [-0.1, -0.05) is 13.8 Å². The Hall–Kier alpha value is -1.41. The van der Waals surface area contributed by atoms with Crippen molar-refractivity contribution in [2.24, 2.45) is 5.92 Å². The number of sulfonamides is 1. The summed E-state index contributed by atoms with van der Waals surface area (Å²) in [5.41, 5.74) is 0. The van der Waals surface area contributed by atoms with Gasteiger partial charge in [0.15, 0.2) is 5.03 Å². The molecule has 0 saturated carbocycles. The smallest absolute Gasteiger partial charge is 0.303 e. The zero-order valence-electron chi connectivity index (χ0n) is 11.7. The van der Waals surface area contributed by atoms with Gasteiger partial charge < -0.3 is 10.1 Å². The van der Waals surface area contributed by atoms with Gasteiger partial charge in [0.05, 0.1) is 6.20 Å². The van der Waals surface area contributed by atoms with Crippen molar-refractivity contribution in [3.63, 3.8) is 0 Å². The first-order valence-electron chi connectivity index (χ1n) is 6.60. The molecule has 1 heterocycles. The number of aryl methyl sites for hydroxylation is 1. The largest absolute Gasteiger partial charge is 0.481 e. The molecule has 0 aliphatic rings. The summed E-state index contributed by atoms with van der Waals surface area (Å²) >= 11 is 0. The van der Waals surface area contributed by atoms with E-state index in [1.54, 1.807) is 0 Å². The molecule has 0 bridgehead atoms. The van der Waals surface area contributed by atoms with Gasteiger partial charge in [0, 0.05) is 19.4 Å². The molecule has 1 rings (SSSR count). The van der Waals surface area contributed by atoms with Crippen molar-refractivity contribution in [2.45, 2.75) is 44.6 Å². The summed E-state index contributed by atoms with van der Waals surface area (Å²) in [6.07, 6.45) is 3.19. The third kappa shape index (κ3) is 5.30. The third-order valence-corrected chi connectivity index (χ3v) is 4.38. The van der Waals surface area contributed by atoms with Crippen LogP contribution in [-0.4, -0.2) is 36.0 Å². The van der Waals surface area contributed by atoms with Crippen molar-refractivity contribution >= 4 is 16.0 Å².